The minimum Gasteiger partial charge on any atom is -0.390 e. The van der Waals surface area contributed by atoms with Crippen LogP contribution in [0.25, 0.3) is 0 Å². The average Bonchev–Trinajstić information content (AvgIpc) is 2.59. The van der Waals surface area contributed by atoms with Gasteiger partial charge in [-0.15, -0.1) is 0 Å². The average molecular weight is 312 g/mol. The van der Waals surface area contributed by atoms with Gasteiger partial charge in [0.25, 0.3) is 5.91 Å². The lowest BCUT2D eigenvalue weighted by atomic mass is 9.98. The van der Waals surface area contributed by atoms with Crippen LogP contribution in [0.4, 0.5) is 0 Å². The van der Waals surface area contributed by atoms with Crippen LogP contribution in [-0.4, -0.2) is 44.6 Å². The molecule has 6 heteroatoms. The Labute approximate surface area is 130 Å². The number of hydrogen-bond donors (Lipinski definition) is 1. The number of carbonyl (C=O) groups is 1. The van der Waals surface area contributed by atoms with E-state index < -0.39 is 5.60 Å². The second-order valence-electron chi connectivity index (χ2n) is 6.22. The number of aromatic nitrogens is 2. The van der Waals surface area contributed by atoms with Crippen LogP contribution in [0.3, 0.4) is 0 Å². The van der Waals surface area contributed by atoms with Gasteiger partial charge in [-0.3, -0.25) is 4.79 Å². The third-order valence-electron chi connectivity index (χ3n) is 3.83. The Bertz CT molecular complexity index is 532. The maximum atomic E-state index is 12.6. The van der Waals surface area contributed by atoms with Crippen LogP contribution >= 0.6 is 11.6 Å². The Hall–Kier alpha value is -1.20. The topological polar surface area (TPSA) is 66.3 Å². The van der Waals surface area contributed by atoms with Crippen molar-refractivity contribution in [2.24, 2.45) is 0 Å². The molecule has 21 heavy (non-hydrogen) atoms. The van der Waals surface area contributed by atoms with Gasteiger partial charge in [0.2, 0.25) is 0 Å². The summed E-state index contributed by atoms with van der Waals surface area (Å²) in [5.41, 5.74) is -0.440. The van der Waals surface area contributed by atoms with E-state index in [4.69, 9.17) is 11.6 Å². The van der Waals surface area contributed by atoms with Crippen molar-refractivity contribution in [2.75, 3.05) is 13.1 Å². The quantitative estimate of drug-likeness (QED) is 0.911. The zero-order chi connectivity index (χ0) is 15.6. The normalized spacial score (nSPS) is 23.2. The summed E-state index contributed by atoms with van der Waals surface area (Å²) in [7, 11) is 0. The second-order valence-corrected chi connectivity index (χ2v) is 6.63. The van der Waals surface area contributed by atoms with E-state index in [1.165, 1.54) is 6.20 Å². The summed E-state index contributed by atoms with van der Waals surface area (Å²) in [6.45, 7) is 6.90. The van der Waals surface area contributed by atoms with Gasteiger partial charge in [0.15, 0.2) is 5.69 Å². The zero-order valence-electron chi connectivity index (χ0n) is 12.8. The van der Waals surface area contributed by atoms with Gasteiger partial charge in [-0.25, -0.2) is 9.97 Å². The van der Waals surface area contributed by atoms with Crippen LogP contribution in [0.1, 0.15) is 62.3 Å². The molecule has 1 saturated heterocycles. The summed E-state index contributed by atoms with van der Waals surface area (Å²) >= 11 is 6.09. The molecular formula is C15H22ClN3O2. The minimum atomic E-state index is -0.701. The molecule has 2 heterocycles. The van der Waals surface area contributed by atoms with Crippen LogP contribution in [0, 0.1) is 0 Å². The summed E-state index contributed by atoms with van der Waals surface area (Å²) in [5.74, 6) is 0.574. The second kappa shape index (κ2) is 6.28. The van der Waals surface area contributed by atoms with Gasteiger partial charge in [0, 0.05) is 19.0 Å². The van der Waals surface area contributed by atoms with Gasteiger partial charge < -0.3 is 10.0 Å². The molecule has 0 radical (unpaired) electrons. The first-order chi connectivity index (χ1) is 9.80. The largest absolute Gasteiger partial charge is 0.390 e. The third-order valence-corrected chi connectivity index (χ3v) is 4.11. The standard InChI is InChI=1S/C15H22ClN3O2/c1-10(2)13-17-9-11(16)12(18-13)14(20)19-7-4-5-15(3,21)6-8-19/h9-10,21H,4-8H2,1-3H3. The minimum absolute atomic E-state index is 0.138. The Balaban J connectivity index is 2.21. The van der Waals surface area contributed by atoms with Gasteiger partial charge in [-0.2, -0.15) is 0 Å². The van der Waals surface area contributed by atoms with Crippen molar-refractivity contribution in [2.45, 2.75) is 51.6 Å². The van der Waals surface area contributed by atoms with E-state index in [2.05, 4.69) is 9.97 Å². The van der Waals surface area contributed by atoms with E-state index in [0.29, 0.717) is 31.8 Å². The van der Waals surface area contributed by atoms with Crippen molar-refractivity contribution >= 4 is 17.5 Å². The molecule has 0 bridgehead atoms. The lowest BCUT2D eigenvalue weighted by Gasteiger charge is -2.22. The number of aliphatic hydroxyl groups is 1. The number of rotatable bonds is 2. The fourth-order valence-electron chi connectivity index (χ4n) is 2.43. The molecule has 1 aromatic heterocycles. The van der Waals surface area contributed by atoms with Gasteiger partial charge in [0.05, 0.1) is 16.8 Å². The molecule has 1 fully saturated rings. The first kappa shape index (κ1) is 16.2. The molecule has 1 N–H and O–H groups in total. The van der Waals surface area contributed by atoms with Gasteiger partial charge in [-0.1, -0.05) is 25.4 Å². The highest BCUT2D eigenvalue weighted by molar-refractivity contribution is 6.33. The van der Waals surface area contributed by atoms with E-state index in [1.54, 1.807) is 4.90 Å². The lowest BCUT2D eigenvalue weighted by Crippen LogP contribution is -2.34. The number of carbonyl (C=O) groups excluding carboxylic acids is 1. The summed E-state index contributed by atoms with van der Waals surface area (Å²) in [6.07, 6.45) is 3.54. The number of hydrogen-bond acceptors (Lipinski definition) is 4. The highest BCUT2D eigenvalue weighted by Crippen LogP contribution is 2.24. The molecule has 0 saturated carbocycles. The number of nitrogens with zero attached hydrogens (tertiary/aromatic N) is 3. The van der Waals surface area contributed by atoms with Crippen LogP contribution in [0.2, 0.25) is 5.02 Å². The fourth-order valence-corrected chi connectivity index (χ4v) is 2.60. The molecule has 1 atom stereocenters. The molecule has 1 amide bonds. The van der Waals surface area contributed by atoms with Crippen molar-refractivity contribution in [3.63, 3.8) is 0 Å². The molecule has 1 aromatic rings. The lowest BCUT2D eigenvalue weighted by molar-refractivity contribution is 0.0437. The number of amides is 1. The highest BCUT2D eigenvalue weighted by atomic mass is 35.5. The van der Waals surface area contributed by atoms with Gasteiger partial charge >= 0.3 is 0 Å². The Morgan fingerprint density at radius 2 is 2.14 bits per heavy atom. The van der Waals surface area contributed by atoms with Crippen LogP contribution in [0.5, 0.6) is 0 Å². The molecule has 1 aliphatic heterocycles. The summed E-state index contributed by atoms with van der Waals surface area (Å²) in [6, 6.07) is 0. The van der Waals surface area contributed by atoms with Crippen molar-refractivity contribution < 1.29 is 9.90 Å². The molecule has 0 spiro atoms. The molecule has 1 unspecified atom stereocenters. The molecular weight excluding hydrogens is 290 g/mol. The fraction of sp³-hybridized carbons (Fsp3) is 0.667. The predicted octanol–water partition coefficient (Wildman–Crippen LogP) is 2.63. The molecule has 5 nitrogen and oxygen atoms in total. The van der Waals surface area contributed by atoms with E-state index in [9.17, 15) is 9.90 Å². The zero-order valence-corrected chi connectivity index (χ0v) is 13.5. The first-order valence-corrected chi connectivity index (χ1v) is 7.72. The third kappa shape index (κ3) is 3.92. The Morgan fingerprint density at radius 3 is 2.81 bits per heavy atom. The van der Waals surface area contributed by atoms with Crippen LogP contribution in [-0.2, 0) is 0 Å². The Kier molecular flexibility index (Phi) is 4.84. The smallest absolute Gasteiger partial charge is 0.274 e. The maximum absolute atomic E-state index is 12.6. The highest BCUT2D eigenvalue weighted by Gasteiger charge is 2.29. The van der Waals surface area contributed by atoms with Crippen molar-refractivity contribution in [3.05, 3.63) is 22.7 Å². The maximum Gasteiger partial charge on any atom is 0.274 e. The monoisotopic (exact) mass is 311 g/mol. The number of halogens is 1. The van der Waals surface area contributed by atoms with Crippen LogP contribution in [0.15, 0.2) is 6.20 Å². The molecule has 116 valence electrons. The van der Waals surface area contributed by atoms with Crippen molar-refractivity contribution in [1.29, 1.82) is 0 Å². The predicted molar refractivity (Wildman–Crippen MR) is 81.5 cm³/mol. The van der Waals surface area contributed by atoms with Crippen molar-refractivity contribution in [1.82, 2.24) is 14.9 Å². The molecule has 1 aliphatic rings. The van der Waals surface area contributed by atoms with E-state index in [0.717, 1.165) is 6.42 Å². The Morgan fingerprint density at radius 1 is 1.43 bits per heavy atom. The van der Waals surface area contributed by atoms with Crippen LogP contribution < -0.4 is 0 Å². The van der Waals surface area contributed by atoms with E-state index in [1.807, 2.05) is 20.8 Å². The molecule has 0 aliphatic carbocycles. The summed E-state index contributed by atoms with van der Waals surface area (Å²) < 4.78 is 0. The van der Waals surface area contributed by atoms with Gasteiger partial charge in [0.1, 0.15) is 5.82 Å². The summed E-state index contributed by atoms with van der Waals surface area (Å²) in [4.78, 5) is 22.8. The van der Waals surface area contributed by atoms with Crippen molar-refractivity contribution in [3.8, 4) is 0 Å². The van der Waals surface area contributed by atoms with Gasteiger partial charge in [-0.05, 0) is 26.2 Å². The summed E-state index contributed by atoms with van der Waals surface area (Å²) in [5, 5.41) is 10.4. The molecule has 2 rings (SSSR count). The SMILES string of the molecule is CC(C)c1ncc(Cl)c(C(=O)N2CCCC(C)(O)CC2)n1. The van der Waals surface area contributed by atoms with E-state index >= 15 is 0 Å². The number of likely N-dealkylation sites (tertiary alicyclic amines) is 1. The van der Waals surface area contributed by atoms with E-state index in [-0.39, 0.29) is 22.5 Å². The molecule has 0 aromatic carbocycles. The first-order valence-electron chi connectivity index (χ1n) is 7.34.